The summed E-state index contributed by atoms with van der Waals surface area (Å²) >= 11 is 0. The molecule has 0 spiro atoms. The lowest BCUT2D eigenvalue weighted by atomic mass is 9.88. The third-order valence-electron chi connectivity index (χ3n) is 5.15. The quantitative estimate of drug-likeness (QED) is 0.874. The van der Waals surface area contributed by atoms with Crippen LogP contribution in [-0.4, -0.2) is 29.6 Å². The van der Waals surface area contributed by atoms with Crippen molar-refractivity contribution < 1.29 is 0 Å². The SMILES string of the molecule is CC(C)NCc1cncc(N(C)CC2CC3CCC2C3)n1. The lowest BCUT2D eigenvalue weighted by Crippen LogP contribution is -2.30. The normalized spacial score (nSPS) is 27.5. The van der Waals surface area contributed by atoms with Crippen molar-refractivity contribution in [2.45, 2.75) is 52.1 Å². The largest absolute Gasteiger partial charge is 0.358 e. The lowest BCUT2D eigenvalue weighted by Gasteiger charge is -2.27. The van der Waals surface area contributed by atoms with Crippen molar-refractivity contribution in [2.24, 2.45) is 17.8 Å². The summed E-state index contributed by atoms with van der Waals surface area (Å²) in [6.07, 6.45) is 9.59. The van der Waals surface area contributed by atoms with Crippen LogP contribution in [0.3, 0.4) is 0 Å². The summed E-state index contributed by atoms with van der Waals surface area (Å²) in [7, 11) is 2.16. The topological polar surface area (TPSA) is 41.1 Å². The first-order valence-corrected chi connectivity index (χ1v) is 8.37. The third-order valence-corrected chi connectivity index (χ3v) is 5.15. The second-order valence-electron chi connectivity index (χ2n) is 7.22. The smallest absolute Gasteiger partial charge is 0.147 e. The molecule has 0 amide bonds. The summed E-state index contributed by atoms with van der Waals surface area (Å²) in [4.78, 5) is 11.4. The highest BCUT2D eigenvalue weighted by Gasteiger charge is 2.39. The van der Waals surface area contributed by atoms with Crippen molar-refractivity contribution in [3.05, 3.63) is 18.1 Å². The van der Waals surface area contributed by atoms with E-state index in [-0.39, 0.29) is 0 Å². The highest BCUT2D eigenvalue weighted by Crippen LogP contribution is 2.48. The molecule has 2 fully saturated rings. The van der Waals surface area contributed by atoms with E-state index in [1.807, 2.05) is 12.4 Å². The minimum absolute atomic E-state index is 0.474. The van der Waals surface area contributed by atoms with Gasteiger partial charge in [-0.15, -0.1) is 0 Å². The van der Waals surface area contributed by atoms with Gasteiger partial charge in [0.05, 0.1) is 11.9 Å². The predicted molar refractivity (Wildman–Crippen MR) is 86.2 cm³/mol. The van der Waals surface area contributed by atoms with E-state index < -0.39 is 0 Å². The summed E-state index contributed by atoms with van der Waals surface area (Å²) in [5.74, 6) is 3.87. The second-order valence-corrected chi connectivity index (χ2v) is 7.22. The van der Waals surface area contributed by atoms with Crippen LogP contribution in [0.2, 0.25) is 0 Å². The van der Waals surface area contributed by atoms with Crippen LogP contribution in [0.15, 0.2) is 12.4 Å². The standard InChI is InChI=1S/C17H28N4/c1-12(2)19-9-16-8-18-10-17(20-16)21(3)11-15-7-13-4-5-14(15)6-13/h8,10,12-15,19H,4-7,9,11H2,1-3H3. The van der Waals surface area contributed by atoms with Gasteiger partial charge in [0.1, 0.15) is 5.82 Å². The number of aromatic nitrogens is 2. The van der Waals surface area contributed by atoms with Crippen molar-refractivity contribution in [3.63, 3.8) is 0 Å². The van der Waals surface area contributed by atoms with Crippen molar-refractivity contribution in [2.75, 3.05) is 18.5 Å². The van der Waals surface area contributed by atoms with Gasteiger partial charge in [-0.25, -0.2) is 4.98 Å². The summed E-state index contributed by atoms with van der Waals surface area (Å²) < 4.78 is 0. The average Bonchev–Trinajstić information content (AvgIpc) is 3.08. The first-order chi connectivity index (χ1) is 10.1. The Balaban J connectivity index is 1.59. The third kappa shape index (κ3) is 3.54. The number of hydrogen-bond donors (Lipinski definition) is 1. The molecule has 0 saturated heterocycles. The van der Waals surface area contributed by atoms with E-state index in [2.05, 4.69) is 36.1 Å². The van der Waals surface area contributed by atoms with Gasteiger partial charge in [-0.2, -0.15) is 0 Å². The van der Waals surface area contributed by atoms with E-state index >= 15 is 0 Å². The van der Waals surface area contributed by atoms with E-state index in [9.17, 15) is 0 Å². The fourth-order valence-corrected chi connectivity index (χ4v) is 4.02. The van der Waals surface area contributed by atoms with Crippen LogP contribution in [0, 0.1) is 17.8 Å². The predicted octanol–water partition coefficient (Wildman–Crippen LogP) is 2.85. The number of nitrogens with zero attached hydrogens (tertiary/aromatic N) is 3. The monoisotopic (exact) mass is 288 g/mol. The summed E-state index contributed by atoms with van der Waals surface area (Å²) in [6.45, 7) is 6.23. The zero-order valence-electron chi connectivity index (χ0n) is 13.5. The minimum Gasteiger partial charge on any atom is -0.358 e. The number of fused-ring (bicyclic) bond motifs is 2. The first-order valence-electron chi connectivity index (χ1n) is 8.37. The fourth-order valence-electron chi connectivity index (χ4n) is 4.02. The molecule has 1 N–H and O–H groups in total. The average molecular weight is 288 g/mol. The van der Waals surface area contributed by atoms with Crippen LogP contribution < -0.4 is 10.2 Å². The van der Waals surface area contributed by atoms with Crippen molar-refractivity contribution in [1.82, 2.24) is 15.3 Å². The highest BCUT2D eigenvalue weighted by molar-refractivity contribution is 5.35. The van der Waals surface area contributed by atoms with Gasteiger partial charge in [-0.3, -0.25) is 4.98 Å². The van der Waals surface area contributed by atoms with E-state index in [0.29, 0.717) is 6.04 Å². The van der Waals surface area contributed by atoms with Crippen molar-refractivity contribution in [1.29, 1.82) is 0 Å². The molecule has 2 aliphatic rings. The molecule has 2 bridgehead atoms. The first kappa shape index (κ1) is 14.8. The lowest BCUT2D eigenvalue weighted by molar-refractivity contribution is 0.337. The molecule has 0 radical (unpaired) electrons. The second kappa shape index (κ2) is 6.30. The molecule has 2 saturated carbocycles. The van der Waals surface area contributed by atoms with Crippen LogP contribution in [0.1, 0.15) is 45.2 Å². The molecule has 4 nitrogen and oxygen atoms in total. The number of rotatable bonds is 6. The molecule has 2 aliphatic carbocycles. The van der Waals surface area contributed by atoms with Gasteiger partial charge in [0, 0.05) is 32.4 Å². The van der Waals surface area contributed by atoms with Gasteiger partial charge in [0.25, 0.3) is 0 Å². The van der Waals surface area contributed by atoms with Crippen LogP contribution in [0.4, 0.5) is 5.82 Å². The molecule has 1 aromatic rings. The molecule has 4 heteroatoms. The van der Waals surface area contributed by atoms with Crippen molar-refractivity contribution >= 4 is 5.82 Å². The summed E-state index contributed by atoms with van der Waals surface area (Å²) in [5, 5.41) is 3.40. The maximum absolute atomic E-state index is 4.75. The van der Waals surface area contributed by atoms with Gasteiger partial charge in [0.15, 0.2) is 0 Å². The van der Waals surface area contributed by atoms with Crippen LogP contribution >= 0.6 is 0 Å². The van der Waals surface area contributed by atoms with E-state index in [1.54, 1.807) is 0 Å². The number of hydrogen-bond acceptors (Lipinski definition) is 4. The molecule has 116 valence electrons. The van der Waals surface area contributed by atoms with Crippen molar-refractivity contribution in [3.8, 4) is 0 Å². The van der Waals surface area contributed by atoms with Gasteiger partial charge in [-0.05, 0) is 37.0 Å². The van der Waals surface area contributed by atoms with Crippen LogP contribution in [0.5, 0.6) is 0 Å². The van der Waals surface area contributed by atoms with Gasteiger partial charge >= 0.3 is 0 Å². The summed E-state index contributed by atoms with van der Waals surface area (Å²) in [5.41, 5.74) is 1.03. The molecule has 3 atom stereocenters. The molecule has 1 heterocycles. The Morgan fingerprint density at radius 1 is 1.29 bits per heavy atom. The Kier molecular flexibility index (Phi) is 4.43. The van der Waals surface area contributed by atoms with Crippen LogP contribution in [-0.2, 0) is 6.54 Å². The molecule has 21 heavy (non-hydrogen) atoms. The molecule has 0 aromatic carbocycles. The minimum atomic E-state index is 0.474. The molecule has 0 aliphatic heterocycles. The molecule has 3 unspecified atom stereocenters. The number of anilines is 1. The zero-order valence-corrected chi connectivity index (χ0v) is 13.5. The van der Waals surface area contributed by atoms with Gasteiger partial charge in [-0.1, -0.05) is 20.3 Å². The maximum atomic E-state index is 4.75. The van der Waals surface area contributed by atoms with E-state index in [1.165, 1.54) is 25.7 Å². The Morgan fingerprint density at radius 3 is 2.81 bits per heavy atom. The zero-order chi connectivity index (χ0) is 14.8. The molecular weight excluding hydrogens is 260 g/mol. The van der Waals surface area contributed by atoms with Gasteiger partial charge in [0.2, 0.25) is 0 Å². The Morgan fingerprint density at radius 2 is 2.14 bits per heavy atom. The number of nitrogens with one attached hydrogen (secondary N) is 1. The Hall–Kier alpha value is -1.16. The van der Waals surface area contributed by atoms with Gasteiger partial charge < -0.3 is 10.2 Å². The highest BCUT2D eigenvalue weighted by atomic mass is 15.2. The maximum Gasteiger partial charge on any atom is 0.147 e. The molecule has 3 rings (SSSR count). The fraction of sp³-hybridized carbons (Fsp3) is 0.765. The van der Waals surface area contributed by atoms with E-state index in [0.717, 1.165) is 42.4 Å². The summed E-state index contributed by atoms with van der Waals surface area (Å²) in [6, 6.07) is 0.474. The Bertz CT molecular complexity index is 474. The Labute approximate surface area is 128 Å². The molecular formula is C17H28N4. The van der Waals surface area contributed by atoms with E-state index in [4.69, 9.17) is 4.98 Å². The molecule has 1 aromatic heterocycles. The van der Waals surface area contributed by atoms with Crippen LogP contribution in [0.25, 0.3) is 0 Å².